The Kier molecular flexibility index (Phi) is 6.58. The summed E-state index contributed by atoms with van der Waals surface area (Å²) in [5, 5.41) is 2.97. The van der Waals surface area contributed by atoms with Crippen LogP contribution in [0.4, 0.5) is 5.69 Å². The molecule has 1 aromatic heterocycles. The lowest BCUT2D eigenvalue weighted by Gasteiger charge is -2.32. The molecular weight excluding hydrogens is 338 g/mol. The second-order valence-electron chi connectivity index (χ2n) is 7.32. The molecule has 1 aliphatic heterocycles. The van der Waals surface area contributed by atoms with Gasteiger partial charge in [0.25, 0.3) is 0 Å². The van der Waals surface area contributed by atoms with Crippen molar-refractivity contribution >= 4 is 17.5 Å². The summed E-state index contributed by atoms with van der Waals surface area (Å²) in [6, 6.07) is 11.6. The van der Waals surface area contributed by atoms with Gasteiger partial charge in [0, 0.05) is 37.6 Å². The highest BCUT2D eigenvalue weighted by Gasteiger charge is 2.23. The maximum absolute atomic E-state index is 12.4. The molecule has 5 nitrogen and oxygen atoms in total. The van der Waals surface area contributed by atoms with E-state index in [1.807, 2.05) is 48.2 Å². The Balaban J connectivity index is 1.38. The Morgan fingerprint density at radius 3 is 2.70 bits per heavy atom. The fourth-order valence-corrected chi connectivity index (χ4v) is 3.54. The molecule has 0 bridgehead atoms. The largest absolute Gasteiger partial charge is 0.342 e. The van der Waals surface area contributed by atoms with Gasteiger partial charge in [0.15, 0.2) is 0 Å². The van der Waals surface area contributed by atoms with Crippen molar-refractivity contribution in [2.45, 2.75) is 39.0 Å². The summed E-state index contributed by atoms with van der Waals surface area (Å²) in [5.41, 5.74) is 2.95. The number of aromatic nitrogens is 1. The Bertz CT molecular complexity index is 768. The van der Waals surface area contributed by atoms with Crippen molar-refractivity contribution in [2.24, 2.45) is 5.92 Å². The minimum atomic E-state index is 0.0654. The normalized spacial score (nSPS) is 14.8. The number of aryl methyl sites for hydroxylation is 1. The summed E-state index contributed by atoms with van der Waals surface area (Å²) in [6.45, 7) is 3.57. The first kappa shape index (κ1) is 19.1. The van der Waals surface area contributed by atoms with E-state index in [2.05, 4.69) is 10.3 Å². The van der Waals surface area contributed by atoms with Crippen molar-refractivity contribution in [1.82, 2.24) is 9.88 Å². The molecule has 1 aliphatic rings. The maximum atomic E-state index is 12.4. The zero-order valence-corrected chi connectivity index (χ0v) is 15.9. The standard InChI is InChI=1S/C22H27N3O2/c1-17-4-2-6-20(14-17)24-21(26)8-7-18-9-12-25(13-10-18)22(27)15-19-5-3-11-23-16-19/h2-6,11,14,16,18H,7-10,12-13,15H2,1H3,(H,24,26). The Labute approximate surface area is 160 Å². The number of nitrogens with zero attached hydrogens (tertiary/aromatic N) is 2. The third-order valence-electron chi connectivity index (χ3n) is 5.13. The van der Waals surface area contributed by atoms with Gasteiger partial charge in [0.2, 0.25) is 11.8 Å². The Morgan fingerprint density at radius 1 is 1.19 bits per heavy atom. The number of carbonyl (C=O) groups is 2. The number of piperidine rings is 1. The highest BCUT2D eigenvalue weighted by molar-refractivity contribution is 5.90. The summed E-state index contributed by atoms with van der Waals surface area (Å²) in [5.74, 6) is 0.741. The predicted octanol–water partition coefficient (Wildman–Crippen LogP) is 3.59. The number of hydrogen-bond donors (Lipinski definition) is 1. The lowest BCUT2D eigenvalue weighted by molar-refractivity contribution is -0.132. The number of amides is 2. The lowest BCUT2D eigenvalue weighted by Crippen LogP contribution is -2.39. The number of rotatable bonds is 6. The number of hydrogen-bond acceptors (Lipinski definition) is 3. The van der Waals surface area contributed by atoms with Gasteiger partial charge < -0.3 is 10.2 Å². The van der Waals surface area contributed by atoms with E-state index in [1.54, 1.807) is 12.4 Å². The number of nitrogens with one attached hydrogen (secondary N) is 1. The molecule has 142 valence electrons. The van der Waals surface area contributed by atoms with E-state index in [0.717, 1.165) is 49.2 Å². The smallest absolute Gasteiger partial charge is 0.227 e. The van der Waals surface area contributed by atoms with E-state index in [4.69, 9.17) is 0 Å². The molecule has 1 fully saturated rings. The van der Waals surface area contributed by atoms with Crippen molar-refractivity contribution in [3.8, 4) is 0 Å². The minimum absolute atomic E-state index is 0.0654. The van der Waals surface area contributed by atoms with Crippen LogP contribution in [0.25, 0.3) is 0 Å². The van der Waals surface area contributed by atoms with Gasteiger partial charge in [0.1, 0.15) is 0 Å². The van der Waals surface area contributed by atoms with Gasteiger partial charge in [-0.05, 0) is 61.4 Å². The van der Waals surface area contributed by atoms with E-state index in [0.29, 0.717) is 18.8 Å². The van der Waals surface area contributed by atoms with Gasteiger partial charge >= 0.3 is 0 Å². The third-order valence-corrected chi connectivity index (χ3v) is 5.13. The SMILES string of the molecule is Cc1cccc(NC(=O)CCC2CCN(C(=O)Cc3cccnc3)CC2)c1. The van der Waals surface area contributed by atoms with Crippen LogP contribution < -0.4 is 5.32 Å². The number of anilines is 1. The maximum Gasteiger partial charge on any atom is 0.227 e. The van der Waals surface area contributed by atoms with Crippen LogP contribution in [0.15, 0.2) is 48.8 Å². The average molecular weight is 365 g/mol. The van der Waals surface area contributed by atoms with E-state index in [9.17, 15) is 9.59 Å². The monoisotopic (exact) mass is 365 g/mol. The van der Waals surface area contributed by atoms with Crippen LogP contribution in [0.1, 0.15) is 36.8 Å². The number of carbonyl (C=O) groups excluding carboxylic acids is 2. The molecule has 2 heterocycles. The van der Waals surface area contributed by atoms with Crippen molar-refractivity contribution in [2.75, 3.05) is 18.4 Å². The first-order chi connectivity index (χ1) is 13.1. The molecule has 1 saturated heterocycles. The molecule has 0 atom stereocenters. The molecule has 3 rings (SSSR count). The predicted molar refractivity (Wildman–Crippen MR) is 106 cm³/mol. The zero-order valence-electron chi connectivity index (χ0n) is 15.9. The third kappa shape index (κ3) is 5.91. The summed E-state index contributed by atoms with van der Waals surface area (Å²) in [4.78, 5) is 30.6. The molecule has 1 aromatic carbocycles. The van der Waals surface area contributed by atoms with Gasteiger partial charge in [-0.1, -0.05) is 18.2 Å². The summed E-state index contributed by atoms with van der Waals surface area (Å²) in [6.07, 6.45) is 7.22. The van der Waals surface area contributed by atoms with Gasteiger partial charge in [-0.25, -0.2) is 0 Å². The minimum Gasteiger partial charge on any atom is -0.342 e. The molecule has 2 amide bonds. The quantitative estimate of drug-likeness (QED) is 0.851. The number of likely N-dealkylation sites (tertiary alicyclic amines) is 1. The average Bonchev–Trinajstić information content (AvgIpc) is 2.67. The van der Waals surface area contributed by atoms with Gasteiger partial charge in [0.05, 0.1) is 6.42 Å². The molecule has 5 heteroatoms. The fraction of sp³-hybridized carbons (Fsp3) is 0.409. The van der Waals surface area contributed by atoms with Crippen LogP contribution in [0, 0.1) is 12.8 Å². The topological polar surface area (TPSA) is 62.3 Å². The first-order valence-electron chi connectivity index (χ1n) is 9.63. The van der Waals surface area contributed by atoms with Crippen LogP contribution in [0.2, 0.25) is 0 Å². The van der Waals surface area contributed by atoms with Crippen molar-refractivity contribution in [1.29, 1.82) is 0 Å². The number of pyridine rings is 1. The second-order valence-corrected chi connectivity index (χ2v) is 7.32. The van der Waals surface area contributed by atoms with Crippen molar-refractivity contribution < 1.29 is 9.59 Å². The zero-order chi connectivity index (χ0) is 19.1. The first-order valence-corrected chi connectivity index (χ1v) is 9.63. The van der Waals surface area contributed by atoms with E-state index in [1.165, 1.54) is 0 Å². The molecular formula is C22H27N3O2. The lowest BCUT2D eigenvalue weighted by atomic mass is 9.91. The summed E-state index contributed by atoms with van der Waals surface area (Å²) >= 11 is 0. The van der Waals surface area contributed by atoms with E-state index < -0.39 is 0 Å². The van der Waals surface area contributed by atoms with Gasteiger partial charge in [-0.15, -0.1) is 0 Å². The van der Waals surface area contributed by atoms with Gasteiger partial charge in [-0.2, -0.15) is 0 Å². The summed E-state index contributed by atoms with van der Waals surface area (Å²) in [7, 11) is 0. The van der Waals surface area contributed by atoms with E-state index >= 15 is 0 Å². The molecule has 0 saturated carbocycles. The number of benzene rings is 1. The van der Waals surface area contributed by atoms with Crippen molar-refractivity contribution in [3.05, 3.63) is 59.9 Å². The van der Waals surface area contributed by atoms with Crippen molar-refractivity contribution in [3.63, 3.8) is 0 Å². The van der Waals surface area contributed by atoms with Crippen LogP contribution >= 0.6 is 0 Å². The Hall–Kier alpha value is -2.69. The Morgan fingerprint density at radius 2 is 2.00 bits per heavy atom. The highest BCUT2D eigenvalue weighted by atomic mass is 16.2. The van der Waals surface area contributed by atoms with Crippen LogP contribution in [0.3, 0.4) is 0 Å². The van der Waals surface area contributed by atoms with Gasteiger partial charge in [-0.3, -0.25) is 14.6 Å². The van der Waals surface area contributed by atoms with Crippen LogP contribution in [-0.4, -0.2) is 34.8 Å². The highest BCUT2D eigenvalue weighted by Crippen LogP contribution is 2.23. The molecule has 0 aliphatic carbocycles. The van der Waals surface area contributed by atoms with E-state index in [-0.39, 0.29) is 11.8 Å². The molecule has 0 radical (unpaired) electrons. The van der Waals surface area contributed by atoms with Crippen LogP contribution in [0.5, 0.6) is 0 Å². The fourth-order valence-electron chi connectivity index (χ4n) is 3.54. The molecule has 0 spiro atoms. The molecule has 1 N–H and O–H groups in total. The molecule has 27 heavy (non-hydrogen) atoms. The molecule has 2 aromatic rings. The second kappa shape index (κ2) is 9.31. The molecule has 0 unspecified atom stereocenters. The van der Waals surface area contributed by atoms with Crippen LogP contribution in [-0.2, 0) is 16.0 Å². The summed E-state index contributed by atoms with van der Waals surface area (Å²) < 4.78 is 0.